The summed E-state index contributed by atoms with van der Waals surface area (Å²) in [6.07, 6.45) is 0.781. The van der Waals surface area contributed by atoms with Crippen LogP contribution in [0.5, 0.6) is 5.75 Å². The lowest BCUT2D eigenvalue weighted by atomic mass is 10.1. The predicted octanol–water partition coefficient (Wildman–Crippen LogP) is 3.61. The summed E-state index contributed by atoms with van der Waals surface area (Å²) in [5.41, 5.74) is 0.991. The normalized spacial score (nSPS) is 19.0. The third-order valence-electron chi connectivity index (χ3n) is 4.30. The van der Waals surface area contributed by atoms with Crippen LogP contribution in [0.2, 0.25) is 0 Å². The Labute approximate surface area is 139 Å². The number of halogens is 2. The highest BCUT2D eigenvalue weighted by molar-refractivity contribution is 5.82. The van der Waals surface area contributed by atoms with Crippen molar-refractivity contribution in [3.05, 3.63) is 65.7 Å². The molecule has 0 aliphatic heterocycles. The number of carbonyl (C=O) groups is 1. The van der Waals surface area contributed by atoms with Crippen LogP contribution in [0.25, 0.3) is 0 Å². The number of benzene rings is 2. The second-order valence-corrected chi connectivity index (χ2v) is 6.04. The van der Waals surface area contributed by atoms with E-state index in [0.29, 0.717) is 6.54 Å². The Hall–Kier alpha value is -2.43. The van der Waals surface area contributed by atoms with Gasteiger partial charge >= 0.3 is 0 Å². The number of para-hydroxylation sites is 1. The van der Waals surface area contributed by atoms with E-state index in [4.69, 9.17) is 4.74 Å². The maximum Gasteiger partial charge on any atom is 0.226 e. The second-order valence-electron chi connectivity index (χ2n) is 6.04. The highest BCUT2D eigenvalue weighted by atomic mass is 19.1. The highest BCUT2D eigenvalue weighted by Crippen LogP contribution is 2.48. The fourth-order valence-corrected chi connectivity index (χ4v) is 2.79. The molecule has 1 amide bonds. The summed E-state index contributed by atoms with van der Waals surface area (Å²) in [6.45, 7) is 0.622. The lowest BCUT2D eigenvalue weighted by Crippen LogP contribution is -2.32. The first-order chi connectivity index (χ1) is 11.6. The van der Waals surface area contributed by atoms with E-state index >= 15 is 0 Å². The van der Waals surface area contributed by atoms with E-state index in [1.165, 1.54) is 18.2 Å². The molecule has 3 nitrogen and oxygen atoms in total. The molecular weight excluding hydrogens is 312 g/mol. The molecule has 2 aromatic carbocycles. The Morgan fingerprint density at radius 3 is 2.58 bits per heavy atom. The quantitative estimate of drug-likeness (QED) is 0.809. The number of hydrogen-bond donors (Lipinski definition) is 0. The molecule has 2 aromatic rings. The summed E-state index contributed by atoms with van der Waals surface area (Å²) < 4.78 is 31.8. The summed E-state index contributed by atoms with van der Waals surface area (Å²) in [5.74, 6) is -0.355. The van der Waals surface area contributed by atoms with E-state index in [-0.39, 0.29) is 35.9 Å². The van der Waals surface area contributed by atoms with Gasteiger partial charge in [-0.05, 0) is 42.2 Å². The van der Waals surface area contributed by atoms with Crippen molar-refractivity contribution in [2.24, 2.45) is 5.92 Å². The van der Waals surface area contributed by atoms with Crippen LogP contribution in [0.1, 0.15) is 17.9 Å². The standard InChI is InChI=1S/C19H19F2NO2/c1-22(10-11-24-18-5-3-2-4-17(18)21)19(23)16-12-15(16)13-6-8-14(20)9-7-13/h2-9,15-16H,10-12H2,1H3. The maximum atomic E-state index is 13.4. The molecule has 1 fully saturated rings. The molecule has 0 heterocycles. The molecule has 0 spiro atoms. The Kier molecular flexibility index (Phi) is 4.79. The van der Waals surface area contributed by atoms with Crippen molar-refractivity contribution >= 4 is 5.91 Å². The first-order valence-electron chi connectivity index (χ1n) is 7.94. The first kappa shape index (κ1) is 16.4. The number of likely N-dealkylation sites (N-methyl/N-ethyl adjacent to an activating group) is 1. The van der Waals surface area contributed by atoms with Crippen LogP contribution in [0, 0.1) is 17.6 Å². The molecule has 0 saturated heterocycles. The summed E-state index contributed by atoms with van der Waals surface area (Å²) in [7, 11) is 1.72. The molecule has 5 heteroatoms. The van der Waals surface area contributed by atoms with Crippen molar-refractivity contribution in [2.75, 3.05) is 20.2 Å². The second kappa shape index (κ2) is 6.99. The average molecular weight is 331 g/mol. The van der Waals surface area contributed by atoms with Crippen LogP contribution in [0.3, 0.4) is 0 Å². The van der Waals surface area contributed by atoms with Crippen molar-refractivity contribution in [2.45, 2.75) is 12.3 Å². The molecular formula is C19H19F2NO2. The van der Waals surface area contributed by atoms with Crippen LogP contribution in [-0.2, 0) is 4.79 Å². The zero-order chi connectivity index (χ0) is 17.1. The van der Waals surface area contributed by atoms with Gasteiger partial charge in [-0.3, -0.25) is 4.79 Å². The van der Waals surface area contributed by atoms with Crippen molar-refractivity contribution < 1.29 is 18.3 Å². The maximum absolute atomic E-state index is 13.4. The average Bonchev–Trinajstić information content (AvgIpc) is 3.37. The van der Waals surface area contributed by atoms with Crippen LogP contribution in [0.15, 0.2) is 48.5 Å². The Balaban J connectivity index is 1.47. The summed E-state index contributed by atoms with van der Waals surface area (Å²) in [4.78, 5) is 14.0. The van der Waals surface area contributed by atoms with E-state index in [2.05, 4.69) is 0 Å². The van der Waals surface area contributed by atoms with Gasteiger partial charge in [-0.1, -0.05) is 24.3 Å². The smallest absolute Gasteiger partial charge is 0.226 e. The minimum absolute atomic E-state index is 0.0430. The molecule has 126 valence electrons. The molecule has 2 atom stereocenters. The third-order valence-corrected chi connectivity index (χ3v) is 4.30. The number of hydrogen-bond acceptors (Lipinski definition) is 2. The fraction of sp³-hybridized carbons (Fsp3) is 0.316. The van der Waals surface area contributed by atoms with Crippen molar-refractivity contribution in [1.29, 1.82) is 0 Å². The van der Waals surface area contributed by atoms with Gasteiger partial charge < -0.3 is 9.64 Å². The molecule has 0 bridgehead atoms. The zero-order valence-electron chi connectivity index (χ0n) is 13.4. The number of nitrogens with zero attached hydrogens (tertiary/aromatic N) is 1. The van der Waals surface area contributed by atoms with Crippen LogP contribution >= 0.6 is 0 Å². The van der Waals surface area contributed by atoms with Gasteiger partial charge in [-0.2, -0.15) is 0 Å². The molecule has 0 radical (unpaired) electrons. The largest absolute Gasteiger partial charge is 0.489 e. The van der Waals surface area contributed by atoms with Gasteiger partial charge in [0, 0.05) is 13.0 Å². The van der Waals surface area contributed by atoms with Crippen molar-refractivity contribution in [1.82, 2.24) is 4.90 Å². The summed E-state index contributed by atoms with van der Waals surface area (Å²) in [5, 5.41) is 0. The molecule has 24 heavy (non-hydrogen) atoms. The van der Waals surface area contributed by atoms with E-state index in [1.54, 1.807) is 42.3 Å². The highest BCUT2D eigenvalue weighted by Gasteiger charge is 2.45. The van der Waals surface area contributed by atoms with Crippen LogP contribution in [-0.4, -0.2) is 31.0 Å². The molecule has 1 aliphatic rings. The topological polar surface area (TPSA) is 29.5 Å². The molecule has 1 saturated carbocycles. The third kappa shape index (κ3) is 3.72. The molecule has 1 aliphatic carbocycles. The molecule has 3 rings (SSSR count). The predicted molar refractivity (Wildman–Crippen MR) is 86.8 cm³/mol. The minimum atomic E-state index is -0.412. The molecule has 0 N–H and O–H groups in total. The molecule has 0 aromatic heterocycles. The number of rotatable bonds is 6. The number of ether oxygens (including phenoxy) is 1. The minimum Gasteiger partial charge on any atom is -0.489 e. The van der Waals surface area contributed by atoms with E-state index in [1.807, 2.05) is 0 Å². The number of carbonyl (C=O) groups excluding carboxylic acids is 1. The van der Waals surface area contributed by atoms with Crippen molar-refractivity contribution in [3.8, 4) is 5.75 Å². The van der Waals surface area contributed by atoms with Gasteiger partial charge in [0.15, 0.2) is 11.6 Å². The van der Waals surface area contributed by atoms with Gasteiger partial charge in [-0.25, -0.2) is 8.78 Å². The Morgan fingerprint density at radius 2 is 1.88 bits per heavy atom. The Bertz CT molecular complexity index is 718. The first-order valence-corrected chi connectivity index (χ1v) is 7.94. The Morgan fingerprint density at radius 1 is 1.17 bits per heavy atom. The molecule has 2 unspecified atom stereocenters. The lowest BCUT2D eigenvalue weighted by Gasteiger charge is -2.18. The van der Waals surface area contributed by atoms with Gasteiger partial charge in [0.2, 0.25) is 5.91 Å². The van der Waals surface area contributed by atoms with Gasteiger partial charge in [0.25, 0.3) is 0 Å². The van der Waals surface area contributed by atoms with Crippen molar-refractivity contribution in [3.63, 3.8) is 0 Å². The SMILES string of the molecule is CN(CCOc1ccccc1F)C(=O)C1CC1c1ccc(F)cc1. The van der Waals surface area contributed by atoms with Gasteiger partial charge in [-0.15, -0.1) is 0 Å². The van der Waals surface area contributed by atoms with Crippen LogP contribution in [0.4, 0.5) is 8.78 Å². The van der Waals surface area contributed by atoms with Gasteiger partial charge in [0.1, 0.15) is 12.4 Å². The van der Waals surface area contributed by atoms with E-state index < -0.39 is 5.82 Å². The summed E-state index contributed by atoms with van der Waals surface area (Å²) in [6, 6.07) is 12.5. The zero-order valence-corrected chi connectivity index (χ0v) is 13.4. The monoisotopic (exact) mass is 331 g/mol. The van der Waals surface area contributed by atoms with Crippen LogP contribution < -0.4 is 4.74 Å². The fourth-order valence-electron chi connectivity index (χ4n) is 2.79. The van der Waals surface area contributed by atoms with E-state index in [0.717, 1.165) is 12.0 Å². The summed E-state index contributed by atoms with van der Waals surface area (Å²) >= 11 is 0. The lowest BCUT2D eigenvalue weighted by molar-refractivity contribution is -0.131. The number of amides is 1. The van der Waals surface area contributed by atoms with E-state index in [9.17, 15) is 13.6 Å². The van der Waals surface area contributed by atoms with Gasteiger partial charge in [0.05, 0.1) is 6.54 Å².